The molecule has 1 aliphatic carbocycles. The van der Waals surface area contributed by atoms with E-state index >= 15 is 0 Å². The smallest absolute Gasteiger partial charge is 0.254 e. The Hall–Kier alpha value is -1.39. The van der Waals surface area contributed by atoms with Crippen molar-refractivity contribution in [3.63, 3.8) is 0 Å². The van der Waals surface area contributed by atoms with Crippen LogP contribution in [-0.2, 0) is 16.0 Å². The lowest BCUT2D eigenvalue weighted by Gasteiger charge is -2.52. The zero-order chi connectivity index (χ0) is 18.8. The molecule has 1 saturated heterocycles. The van der Waals surface area contributed by atoms with Gasteiger partial charge in [0.25, 0.3) is 5.91 Å². The lowest BCUT2D eigenvalue weighted by molar-refractivity contribution is -0.215. The summed E-state index contributed by atoms with van der Waals surface area (Å²) in [6.45, 7) is 8.54. The van der Waals surface area contributed by atoms with Crippen molar-refractivity contribution in [2.75, 3.05) is 26.7 Å². The normalized spacial score (nSPS) is 28.7. The van der Waals surface area contributed by atoms with Crippen LogP contribution in [0.3, 0.4) is 0 Å². The first-order chi connectivity index (χ1) is 12.4. The van der Waals surface area contributed by atoms with Gasteiger partial charge in [0, 0.05) is 25.7 Å². The number of hydrogen-bond donors (Lipinski definition) is 0. The van der Waals surface area contributed by atoms with E-state index in [0.717, 1.165) is 51.7 Å². The molecule has 26 heavy (non-hydrogen) atoms. The van der Waals surface area contributed by atoms with Crippen LogP contribution in [0.2, 0.25) is 0 Å². The van der Waals surface area contributed by atoms with Gasteiger partial charge in [-0.2, -0.15) is 0 Å². The molecule has 0 aromatic heterocycles. The number of hydrogen-bond acceptors (Lipinski definition) is 3. The van der Waals surface area contributed by atoms with Gasteiger partial charge in [0.2, 0.25) is 0 Å². The highest BCUT2D eigenvalue weighted by Crippen LogP contribution is 2.40. The lowest BCUT2D eigenvalue weighted by atomic mass is 9.79. The third-order valence-electron chi connectivity index (χ3n) is 6.22. The molecule has 1 aromatic rings. The molecule has 0 unspecified atom stereocenters. The maximum Gasteiger partial charge on any atom is 0.254 e. The molecule has 0 N–H and O–H groups in total. The fourth-order valence-corrected chi connectivity index (χ4v) is 4.64. The summed E-state index contributed by atoms with van der Waals surface area (Å²) in [6, 6.07) is 11.3. The van der Waals surface area contributed by atoms with Crippen LogP contribution in [0.15, 0.2) is 30.3 Å². The van der Waals surface area contributed by atoms with Gasteiger partial charge in [-0.15, -0.1) is 0 Å². The predicted molar refractivity (Wildman–Crippen MR) is 105 cm³/mol. The maximum atomic E-state index is 12.5. The summed E-state index contributed by atoms with van der Waals surface area (Å²) in [5.41, 5.74) is 0.561. The Balaban J connectivity index is 1.55. The van der Waals surface area contributed by atoms with Crippen LogP contribution in [0.4, 0.5) is 0 Å². The number of carbonyl (C=O) groups excluding carboxylic acids is 1. The molecule has 0 radical (unpaired) electrons. The first kappa shape index (κ1) is 19.4. The highest BCUT2D eigenvalue weighted by Gasteiger charge is 2.50. The topological polar surface area (TPSA) is 32.8 Å². The molecule has 2 fully saturated rings. The highest BCUT2D eigenvalue weighted by molar-refractivity contribution is 5.85. The number of likely N-dealkylation sites (N-methyl/N-ethyl adjacent to an activating group) is 2. The third-order valence-corrected chi connectivity index (χ3v) is 6.22. The predicted octanol–water partition coefficient (Wildman–Crippen LogP) is 3.50. The van der Waals surface area contributed by atoms with Gasteiger partial charge in [0.05, 0.1) is 5.60 Å². The van der Waals surface area contributed by atoms with Crippen molar-refractivity contribution in [2.45, 2.75) is 70.1 Å². The van der Waals surface area contributed by atoms with Crippen molar-refractivity contribution in [1.29, 1.82) is 0 Å². The van der Waals surface area contributed by atoms with E-state index in [2.05, 4.69) is 49.2 Å². The average Bonchev–Trinajstić information content (AvgIpc) is 2.64. The molecule has 3 rings (SSSR count). The van der Waals surface area contributed by atoms with E-state index in [4.69, 9.17) is 4.74 Å². The number of benzene rings is 1. The van der Waals surface area contributed by atoms with Crippen molar-refractivity contribution >= 4 is 5.91 Å². The summed E-state index contributed by atoms with van der Waals surface area (Å²) < 4.78 is 6.39. The fraction of sp³-hybridized carbons (Fsp3) is 0.682. The molecule has 0 bridgehead atoms. The second kappa shape index (κ2) is 7.69. The monoisotopic (exact) mass is 358 g/mol. The van der Waals surface area contributed by atoms with Gasteiger partial charge in [-0.1, -0.05) is 30.3 Å². The Morgan fingerprint density at radius 1 is 1.19 bits per heavy atom. The molecular weight excluding hydrogens is 324 g/mol. The van der Waals surface area contributed by atoms with Gasteiger partial charge in [0.1, 0.15) is 5.60 Å². The zero-order valence-corrected chi connectivity index (χ0v) is 16.8. The Morgan fingerprint density at radius 2 is 1.85 bits per heavy atom. The standard InChI is InChI=1S/C22H34N2O2/c1-5-24-17-22(26-21(2,3)20(24)25)14-11-19(12-15-22)23(4)16-13-18-9-7-6-8-10-18/h6-10,19H,5,11-17H2,1-4H3/t19-,22-. The van der Waals surface area contributed by atoms with Gasteiger partial charge in [-0.05, 0) is 65.5 Å². The minimum atomic E-state index is -0.694. The van der Waals surface area contributed by atoms with E-state index in [1.54, 1.807) is 0 Å². The van der Waals surface area contributed by atoms with Crippen molar-refractivity contribution in [3.8, 4) is 0 Å². The number of amides is 1. The number of nitrogens with zero attached hydrogens (tertiary/aromatic N) is 2. The average molecular weight is 359 g/mol. The van der Waals surface area contributed by atoms with Gasteiger partial charge < -0.3 is 14.5 Å². The summed E-state index contributed by atoms with van der Waals surface area (Å²) in [6.07, 6.45) is 5.47. The summed E-state index contributed by atoms with van der Waals surface area (Å²) in [5, 5.41) is 0. The SMILES string of the molecule is CCN1C[C@]2(CC[C@@H](N(C)CCc3ccccc3)CC2)OC(C)(C)C1=O. The minimum absolute atomic E-state index is 0.132. The Labute approximate surface area is 158 Å². The molecule has 1 amide bonds. The molecule has 1 aromatic carbocycles. The van der Waals surface area contributed by atoms with Crippen LogP contribution >= 0.6 is 0 Å². The molecule has 4 heteroatoms. The van der Waals surface area contributed by atoms with Crippen LogP contribution in [0.1, 0.15) is 52.0 Å². The molecule has 144 valence electrons. The Morgan fingerprint density at radius 3 is 2.46 bits per heavy atom. The number of ether oxygens (including phenoxy) is 1. The highest BCUT2D eigenvalue weighted by atomic mass is 16.5. The fourth-order valence-electron chi connectivity index (χ4n) is 4.64. The molecule has 1 saturated carbocycles. The molecule has 2 aliphatic rings. The van der Waals surface area contributed by atoms with Crippen molar-refractivity contribution in [1.82, 2.24) is 9.80 Å². The van der Waals surface area contributed by atoms with Crippen LogP contribution in [0.25, 0.3) is 0 Å². The molecule has 4 nitrogen and oxygen atoms in total. The van der Waals surface area contributed by atoms with E-state index in [1.165, 1.54) is 5.56 Å². The maximum absolute atomic E-state index is 12.5. The molecule has 1 spiro atoms. The number of rotatable bonds is 5. The van der Waals surface area contributed by atoms with Crippen molar-refractivity contribution in [2.24, 2.45) is 0 Å². The summed E-state index contributed by atoms with van der Waals surface area (Å²) >= 11 is 0. The zero-order valence-electron chi connectivity index (χ0n) is 16.8. The van der Waals surface area contributed by atoms with E-state index in [9.17, 15) is 4.79 Å². The van der Waals surface area contributed by atoms with Crippen LogP contribution in [-0.4, -0.2) is 59.6 Å². The Bertz CT molecular complexity index is 606. The summed E-state index contributed by atoms with van der Waals surface area (Å²) in [5.74, 6) is 0.132. The molecule has 0 atom stereocenters. The van der Waals surface area contributed by atoms with Crippen molar-refractivity contribution < 1.29 is 9.53 Å². The molecule has 1 heterocycles. The Kier molecular flexibility index (Phi) is 5.73. The third kappa shape index (κ3) is 4.12. The second-order valence-electron chi connectivity index (χ2n) is 8.56. The van der Waals surface area contributed by atoms with Crippen LogP contribution in [0.5, 0.6) is 0 Å². The minimum Gasteiger partial charge on any atom is -0.357 e. The first-order valence-electron chi connectivity index (χ1n) is 10.1. The van der Waals surface area contributed by atoms with Crippen LogP contribution in [0, 0.1) is 0 Å². The second-order valence-corrected chi connectivity index (χ2v) is 8.56. The summed E-state index contributed by atoms with van der Waals surface area (Å²) in [4.78, 5) is 17.0. The summed E-state index contributed by atoms with van der Waals surface area (Å²) in [7, 11) is 2.25. The largest absolute Gasteiger partial charge is 0.357 e. The van der Waals surface area contributed by atoms with E-state index in [0.29, 0.717) is 6.04 Å². The number of morpholine rings is 1. The van der Waals surface area contributed by atoms with Crippen molar-refractivity contribution in [3.05, 3.63) is 35.9 Å². The van der Waals surface area contributed by atoms with E-state index in [-0.39, 0.29) is 11.5 Å². The van der Waals surface area contributed by atoms with Gasteiger partial charge >= 0.3 is 0 Å². The van der Waals surface area contributed by atoms with E-state index in [1.807, 2.05) is 18.7 Å². The number of carbonyl (C=O) groups is 1. The molecule has 1 aliphatic heterocycles. The van der Waals surface area contributed by atoms with Gasteiger partial charge in [-0.3, -0.25) is 4.79 Å². The van der Waals surface area contributed by atoms with Gasteiger partial charge in [0.15, 0.2) is 0 Å². The lowest BCUT2D eigenvalue weighted by Crippen LogP contribution is -2.64. The first-order valence-corrected chi connectivity index (χ1v) is 10.1. The quantitative estimate of drug-likeness (QED) is 0.808. The van der Waals surface area contributed by atoms with E-state index < -0.39 is 5.60 Å². The molecular formula is C22H34N2O2. The van der Waals surface area contributed by atoms with Crippen LogP contribution < -0.4 is 0 Å². The van der Waals surface area contributed by atoms with Gasteiger partial charge in [-0.25, -0.2) is 0 Å².